The third-order valence-corrected chi connectivity index (χ3v) is 4.23. The molecule has 0 aromatic heterocycles. The smallest absolute Gasteiger partial charge is 1.00 e. The minimum absolute atomic E-state index is 0. The second-order valence-corrected chi connectivity index (χ2v) is 6.02. The van der Waals surface area contributed by atoms with Gasteiger partial charge in [0, 0.05) is 0 Å². The van der Waals surface area contributed by atoms with Crippen LogP contribution < -0.4 is 0 Å². The molecule has 128 valence electrons. The molecule has 5 heteroatoms. The van der Waals surface area contributed by atoms with Gasteiger partial charge >= 0.3 is 49.7 Å². The predicted octanol–water partition coefficient (Wildman–Crippen LogP) is 4.71. The average Bonchev–Trinajstić information content (AvgIpc) is 2.44. The molecular weight excluding hydrogens is 308 g/mol. The van der Waals surface area contributed by atoms with Gasteiger partial charge in [-0.25, -0.2) is 0 Å². The molecule has 0 saturated heterocycles. The minimum Gasteiger partial charge on any atom is -1.00 e. The molecule has 0 aromatic carbocycles. The molecule has 0 heterocycles. The van der Waals surface area contributed by atoms with Crippen molar-refractivity contribution in [1.82, 2.24) is 0 Å². The summed E-state index contributed by atoms with van der Waals surface area (Å²) in [6.07, 6.45) is 10.4. The summed E-state index contributed by atoms with van der Waals surface area (Å²) < 4.78 is 0. The largest absolute Gasteiger partial charge is 2.00 e. The monoisotopic (exact) mass is 342 g/mol. The van der Waals surface area contributed by atoms with Gasteiger partial charge in [0.1, 0.15) is 0 Å². The Hall–Kier alpha value is 0.200. The van der Waals surface area contributed by atoms with Crippen molar-refractivity contribution >= 4 is 49.7 Å². The van der Waals surface area contributed by atoms with E-state index < -0.39 is 17.4 Å². The number of hydrogen-bond acceptors (Lipinski definition) is 2. The summed E-state index contributed by atoms with van der Waals surface area (Å²) in [4.78, 5) is 23.0. The molecule has 0 amide bonds. The maximum atomic E-state index is 11.5. The van der Waals surface area contributed by atoms with Crippen LogP contribution in [0.25, 0.3) is 0 Å². The molecule has 0 aliphatic carbocycles. The summed E-state index contributed by atoms with van der Waals surface area (Å²) in [6, 6.07) is 0. The summed E-state index contributed by atoms with van der Waals surface area (Å²) in [7, 11) is 0. The molecule has 0 radical (unpaired) electrons. The van der Waals surface area contributed by atoms with Gasteiger partial charge < -0.3 is 13.1 Å². The fourth-order valence-corrected chi connectivity index (χ4v) is 2.70. The van der Waals surface area contributed by atoms with Crippen molar-refractivity contribution in [2.45, 2.75) is 90.9 Å². The zero-order valence-corrected chi connectivity index (χ0v) is 16.6. The molecular formula is C17H34CaO4. The number of unbranched alkanes of at least 4 members (excludes halogenated alkanes) is 8. The Labute approximate surface area is 168 Å². The number of hydrogen-bond donors (Lipinski definition) is 2. The first kappa shape index (κ1) is 24.5. The summed E-state index contributed by atoms with van der Waals surface area (Å²) in [5, 5.41) is 18.8. The molecule has 0 saturated carbocycles. The Bertz CT molecular complexity index is 285. The molecule has 22 heavy (non-hydrogen) atoms. The van der Waals surface area contributed by atoms with E-state index in [4.69, 9.17) is 0 Å². The zero-order chi connectivity index (χ0) is 16.1. The fourth-order valence-electron chi connectivity index (χ4n) is 2.70. The van der Waals surface area contributed by atoms with Crippen LogP contribution in [0.2, 0.25) is 0 Å². The van der Waals surface area contributed by atoms with Gasteiger partial charge in [0.2, 0.25) is 0 Å². The van der Waals surface area contributed by atoms with Crippen molar-refractivity contribution in [3.05, 3.63) is 0 Å². The van der Waals surface area contributed by atoms with Gasteiger partial charge in [-0.2, -0.15) is 0 Å². The van der Waals surface area contributed by atoms with E-state index in [1.807, 2.05) is 0 Å². The quantitative estimate of drug-likeness (QED) is 0.272. The normalized spacial score (nSPS) is 11.0. The third-order valence-electron chi connectivity index (χ3n) is 4.23. The Kier molecular flexibility index (Phi) is 16.4. The average molecular weight is 343 g/mol. The van der Waals surface area contributed by atoms with E-state index in [1.165, 1.54) is 0 Å². The Morgan fingerprint density at radius 3 is 1.32 bits per heavy atom. The summed E-state index contributed by atoms with van der Waals surface area (Å²) in [5.74, 6) is -2.33. The molecule has 0 aliphatic rings. The van der Waals surface area contributed by atoms with Crippen molar-refractivity contribution in [2.24, 2.45) is 5.41 Å². The minimum atomic E-state index is -1.57. The van der Waals surface area contributed by atoms with Gasteiger partial charge in [0.25, 0.3) is 0 Å². The number of carboxylic acid groups (broad SMARTS) is 2. The Morgan fingerprint density at radius 2 is 1.05 bits per heavy atom. The maximum absolute atomic E-state index is 11.5. The van der Waals surface area contributed by atoms with Crippen LogP contribution >= 0.6 is 0 Å². The summed E-state index contributed by atoms with van der Waals surface area (Å²) in [6.45, 7) is 4.24. The van der Waals surface area contributed by atoms with Gasteiger partial charge in [-0.3, -0.25) is 9.59 Å². The molecule has 0 aromatic rings. The molecule has 0 spiro atoms. The van der Waals surface area contributed by atoms with Crippen LogP contribution in [0.5, 0.6) is 0 Å². The first-order valence-electron chi connectivity index (χ1n) is 8.48. The molecule has 0 aliphatic heterocycles. The second-order valence-electron chi connectivity index (χ2n) is 6.02. The van der Waals surface area contributed by atoms with Gasteiger partial charge in [-0.05, 0) is 12.8 Å². The molecule has 2 N–H and O–H groups in total. The van der Waals surface area contributed by atoms with Crippen LogP contribution in [0, 0.1) is 5.41 Å². The van der Waals surface area contributed by atoms with E-state index in [1.54, 1.807) is 0 Å². The van der Waals surface area contributed by atoms with E-state index in [0.717, 1.165) is 51.4 Å². The summed E-state index contributed by atoms with van der Waals surface area (Å²) in [5.41, 5.74) is -1.57. The SMILES string of the molecule is CCCCCCCC(CCCCCCC)(C(=O)O)C(=O)O.[Ca+2].[H-].[H-]. The molecule has 0 atom stereocenters. The summed E-state index contributed by atoms with van der Waals surface area (Å²) >= 11 is 0. The molecule has 0 unspecified atom stereocenters. The van der Waals surface area contributed by atoms with Gasteiger partial charge in [-0.15, -0.1) is 0 Å². The molecule has 4 nitrogen and oxygen atoms in total. The van der Waals surface area contributed by atoms with Crippen molar-refractivity contribution in [3.8, 4) is 0 Å². The van der Waals surface area contributed by atoms with Gasteiger partial charge in [0.15, 0.2) is 5.41 Å². The van der Waals surface area contributed by atoms with Crippen LogP contribution in [0.1, 0.15) is 93.8 Å². The number of aliphatic carboxylic acids is 2. The van der Waals surface area contributed by atoms with E-state index >= 15 is 0 Å². The zero-order valence-electron chi connectivity index (χ0n) is 16.4. The van der Waals surface area contributed by atoms with E-state index in [-0.39, 0.29) is 53.4 Å². The van der Waals surface area contributed by atoms with Crippen molar-refractivity contribution in [1.29, 1.82) is 0 Å². The first-order chi connectivity index (χ1) is 10.0. The number of carboxylic acids is 2. The van der Waals surface area contributed by atoms with Crippen LogP contribution in [-0.4, -0.2) is 59.9 Å². The Balaban J connectivity index is -0.000000667. The van der Waals surface area contributed by atoms with Crippen LogP contribution in [0.15, 0.2) is 0 Å². The Morgan fingerprint density at radius 1 is 0.727 bits per heavy atom. The van der Waals surface area contributed by atoms with E-state index in [0.29, 0.717) is 12.8 Å². The topological polar surface area (TPSA) is 74.6 Å². The van der Waals surface area contributed by atoms with E-state index in [9.17, 15) is 19.8 Å². The fraction of sp³-hybridized carbons (Fsp3) is 0.882. The first-order valence-corrected chi connectivity index (χ1v) is 8.48. The van der Waals surface area contributed by atoms with Crippen molar-refractivity contribution < 1.29 is 22.7 Å². The van der Waals surface area contributed by atoms with Gasteiger partial charge in [0.05, 0.1) is 0 Å². The van der Waals surface area contributed by atoms with Crippen LogP contribution in [-0.2, 0) is 9.59 Å². The standard InChI is InChI=1S/C17H32O4.Ca.2H/c1-3-5-7-9-11-13-17(15(18)19,16(20)21)14-12-10-8-6-4-2;;;/h3-14H2,1-2H3,(H,18,19)(H,20,21);;;/q;+2;2*-1. The molecule has 0 rings (SSSR count). The van der Waals surface area contributed by atoms with Crippen molar-refractivity contribution in [3.63, 3.8) is 0 Å². The predicted molar refractivity (Wildman–Crippen MR) is 92.4 cm³/mol. The number of rotatable bonds is 14. The third kappa shape index (κ3) is 9.36. The van der Waals surface area contributed by atoms with Gasteiger partial charge in [-0.1, -0.05) is 78.1 Å². The maximum Gasteiger partial charge on any atom is 2.00 e. The van der Waals surface area contributed by atoms with Crippen LogP contribution in [0.3, 0.4) is 0 Å². The molecule has 0 fully saturated rings. The molecule has 0 bridgehead atoms. The van der Waals surface area contributed by atoms with Crippen LogP contribution in [0.4, 0.5) is 0 Å². The van der Waals surface area contributed by atoms with E-state index in [2.05, 4.69) is 13.8 Å². The van der Waals surface area contributed by atoms with Crippen molar-refractivity contribution in [2.75, 3.05) is 0 Å². The number of carbonyl (C=O) groups is 2. The second kappa shape index (κ2) is 14.8.